The van der Waals surface area contributed by atoms with E-state index in [4.69, 9.17) is 14.2 Å². The zero-order valence-electron chi connectivity index (χ0n) is 28.1. The van der Waals surface area contributed by atoms with Crippen molar-refractivity contribution in [2.75, 3.05) is 20.3 Å². The van der Waals surface area contributed by atoms with Crippen molar-refractivity contribution in [1.29, 1.82) is 0 Å². The minimum Gasteiger partial charge on any atom is -0.396 e. The van der Waals surface area contributed by atoms with E-state index in [1.54, 1.807) is 0 Å². The van der Waals surface area contributed by atoms with Crippen LogP contribution >= 0.6 is 0 Å². The fraction of sp³-hybridized carbons (Fsp3) is 0.943. The molecule has 0 aromatic heterocycles. The molecule has 0 radical (unpaired) electrons. The molecule has 4 aliphatic carbocycles. The first kappa shape index (κ1) is 35.6. The average Bonchev–Trinajstić information content (AvgIpc) is 3.18. The van der Waals surface area contributed by atoms with Gasteiger partial charge in [-0.2, -0.15) is 0 Å². The predicted octanol–water partition coefficient (Wildman–Crippen LogP) is 2.14. The van der Waals surface area contributed by atoms with Gasteiger partial charge in [0, 0.05) is 26.1 Å². The van der Waals surface area contributed by atoms with Gasteiger partial charge in [0.15, 0.2) is 6.29 Å². The largest absolute Gasteiger partial charge is 0.396 e. The van der Waals surface area contributed by atoms with Gasteiger partial charge in [0.25, 0.3) is 0 Å². The number of aliphatic hydroxyl groups is 7. The van der Waals surface area contributed by atoms with Gasteiger partial charge in [-0.05, 0) is 84.5 Å². The number of rotatable bonds is 10. The van der Waals surface area contributed by atoms with E-state index in [1.807, 2.05) is 6.08 Å². The molecule has 10 nitrogen and oxygen atoms in total. The van der Waals surface area contributed by atoms with E-state index in [9.17, 15) is 35.7 Å². The minimum atomic E-state index is -1.35. The zero-order valence-corrected chi connectivity index (χ0v) is 28.1. The Balaban J connectivity index is 1.36. The number of methoxy groups -OCH3 is 1. The second-order valence-corrected chi connectivity index (χ2v) is 16.1. The van der Waals surface area contributed by atoms with Gasteiger partial charge < -0.3 is 50.0 Å². The molecular weight excluding hydrogens is 580 g/mol. The summed E-state index contributed by atoms with van der Waals surface area (Å²) >= 11 is 0. The highest BCUT2D eigenvalue weighted by Crippen LogP contribution is 2.69. The summed E-state index contributed by atoms with van der Waals surface area (Å²) in [4.78, 5) is 0. The number of aliphatic hydroxyl groups excluding tert-OH is 6. The van der Waals surface area contributed by atoms with Crippen LogP contribution in [0.15, 0.2) is 11.6 Å². The number of hydrogen-bond acceptors (Lipinski definition) is 10. The maximum absolute atomic E-state index is 12.7. The van der Waals surface area contributed by atoms with Crippen molar-refractivity contribution >= 4 is 0 Å². The van der Waals surface area contributed by atoms with E-state index in [2.05, 4.69) is 34.6 Å². The van der Waals surface area contributed by atoms with Crippen LogP contribution in [0, 0.1) is 46.3 Å². The molecule has 0 aromatic carbocycles. The third kappa shape index (κ3) is 5.97. The fourth-order valence-electron chi connectivity index (χ4n) is 11.0. The van der Waals surface area contributed by atoms with Gasteiger partial charge >= 0.3 is 0 Å². The van der Waals surface area contributed by atoms with Crippen LogP contribution in [0.2, 0.25) is 0 Å². The Bertz CT molecular complexity index is 1050. The average molecular weight is 641 g/mol. The van der Waals surface area contributed by atoms with Crippen LogP contribution in [-0.2, 0) is 14.2 Å². The Morgan fingerprint density at radius 2 is 1.67 bits per heavy atom. The first-order chi connectivity index (χ1) is 21.1. The van der Waals surface area contributed by atoms with Crippen LogP contribution in [0.3, 0.4) is 0 Å². The summed E-state index contributed by atoms with van der Waals surface area (Å²) in [6, 6.07) is 0. The molecule has 7 N–H and O–H groups in total. The first-order valence-electron chi connectivity index (χ1n) is 17.4. The molecule has 0 bridgehead atoms. The molecule has 5 aliphatic rings. The van der Waals surface area contributed by atoms with E-state index in [-0.39, 0.29) is 37.4 Å². The lowest BCUT2D eigenvalue weighted by Crippen LogP contribution is -2.66. The molecule has 4 fully saturated rings. The maximum Gasteiger partial charge on any atom is 0.187 e. The molecule has 1 heterocycles. The quantitative estimate of drug-likeness (QED) is 0.176. The van der Waals surface area contributed by atoms with Gasteiger partial charge in [0.05, 0.1) is 36.6 Å². The van der Waals surface area contributed by atoms with Crippen LogP contribution in [0.1, 0.15) is 86.0 Å². The van der Waals surface area contributed by atoms with Crippen molar-refractivity contribution in [2.45, 2.75) is 141 Å². The molecule has 10 heteroatoms. The Morgan fingerprint density at radius 3 is 2.31 bits per heavy atom. The van der Waals surface area contributed by atoms with Crippen LogP contribution in [0.5, 0.6) is 0 Å². The second kappa shape index (κ2) is 13.3. The molecule has 1 aliphatic heterocycles. The number of ether oxygens (including phenoxy) is 3. The van der Waals surface area contributed by atoms with Crippen LogP contribution in [0.4, 0.5) is 0 Å². The van der Waals surface area contributed by atoms with E-state index in [0.29, 0.717) is 24.7 Å². The van der Waals surface area contributed by atoms with Gasteiger partial charge in [-0.3, -0.25) is 0 Å². The van der Waals surface area contributed by atoms with E-state index in [0.717, 1.165) is 37.7 Å². The molecule has 0 aromatic rings. The lowest BCUT2D eigenvalue weighted by molar-refractivity contribution is -0.285. The molecule has 260 valence electrons. The van der Waals surface area contributed by atoms with E-state index >= 15 is 0 Å². The number of hydrogen-bond donors (Lipinski definition) is 7. The fourth-order valence-corrected chi connectivity index (χ4v) is 11.0. The molecule has 0 amide bonds. The highest BCUT2D eigenvalue weighted by molar-refractivity contribution is 5.33. The summed E-state index contributed by atoms with van der Waals surface area (Å²) in [6.45, 7) is 10.8. The van der Waals surface area contributed by atoms with Crippen LogP contribution in [0.25, 0.3) is 0 Å². The topological polar surface area (TPSA) is 169 Å². The Hall–Kier alpha value is -0.660. The summed E-state index contributed by atoms with van der Waals surface area (Å²) < 4.78 is 17.3. The maximum atomic E-state index is 12.7. The third-order valence-corrected chi connectivity index (χ3v) is 13.3. The SMILES string of the molecule is CO[C@H]1[C@H](O[C@@H]2C=C3[C@H](O)C[C@@]4(O)[C@@H]5[C@@H](O)[C@H](O)[C@H]([C@H](C)CC[C@H](CCO)C(C)C)[C@@]5(C)CC[C@@H]4[C@@]3(C)CC2)OC[C@@H](O)[C@@H]1O. The molecule has 0 spiro atoms. The Morgan fingerprint density at radius 1 is 0.956 bits per heavy atom. The molecule has 1 saturated heterocycles. The second-order valence-electron chi connectivity index (χ2n) is 16.1. The predicted molar refractivity (Wildman–Crippen MR) is 167 cm³/mol. The zero-order chi connectivity index (χ0) is 33.1. The first-order valence-corrected chi connectivity index (χ1v) is 17.4. The normalized spacial score (nSPS) is 49.6. The summed E-state index contributed by atoms with van der Waals surface area (Å²) in [5.74, 6) is -0.00485. The van der Waals surface area contributed by atoms with Crippen LogP contribution in [-0.4, -0.2) is 111 Å². The highest BCUT2D eigenvalue weighted by atomic mass is 16.7. The summed E-state index contributed by atoms with van der Waals surface area (Å²) in [5, 5.41) is 77.6. The molecule has 3 saturated carbocycles. The summed E-state index contributed by atoms with van der Waals surface area (Å²) in [7, 11) is 1.43. The number of fused-ring (bicyclic) bond motifs is 5. The van der Waals surface area contributed by atoms with Crippen molar-refractivity contribution in [2.24, 2.45) is 46.3 Å². The molecule has 5 rings (SSSR count). The van der Waals surface area contributed by atoms with Gasteiger partial charge in [-0.15, -0.1) is 0 Å². The van der Waals surface area contributed by atoms with Gasteiger partial charge in [-0.1, -0.05) is 47.1 Å². The monoisotopic (exact) mass is 640 g/mol. The smallest absolute Gasteiger partial charge is 0.187 e. The Kier molecular flexibility index (Phi) is 10.6. The summed E-state index contributed by atoms with van der Waals surface area (Å²) in [6.07, 6.45) is -0.00787. The lowest BCUT2D eigenvalue weighted by atomic mass is 9.43. The van der Waals surface area contributed by atoms with Gasteiger partial charge in [0.1, 0.15) is 18.3 Å². The molecule has 0 unspecified atom stereocenters. The van der Waals surface area contributed by atoms with E-state index in [1.165, 1.54) is 7.11 Å². The van der Waals surface area contributed by atoms with E-state index < -0.39 is 71.4 Å². The lowest BCUT2D eigenvalue weighted by Gasteiger charge is -2.64. The van der Waals surface area contributed by atoms with Crippen molar-refractivity contribution in [3.05, 3.63) is 11.6 Å². The minimum absolute atomic E-state index is 0.0701. The van der Waals surface area contributed by atoms with Crippen molar-refractivity contribution in [3.8, 4) is 0 Å². The molecule has 16 atom stereocenters. The summed E-state index contributed by atoms with van der Waals surface area (Å²) in [5.41, 5.74) is -1.55. The molecule has 45 heavy (non-hydrogen) atoms. The van der Waals surface area contributed by atoms with Gasteiger partial charge in [0.2, 0.25) is 0 Å². The van der Waals surface area contributed by atoms with Gasteiger partial charge in [-0.25, -0.2) is 0 Å². The highest BCUT2D eigenvalue weighted by Gasteiger charge is 2.72. The third-order valence-electron chi connectivity index (χ3n) is 13.3. The van der Waals surface area contributed by atoms with Crippen molar-refractivity contribution in [3.63, 3.8) is 0 Å². The standard InChI is InChI=1S/C35H60O10/c1-18(2)20(11-14-36)8-7-19(3)26-28(40)29(41)31-34(26,5)13-10-25-33(4)12-9-21(15-22(33)23(37)16-35(25,31)42)45-32-30(43-6)27(39)24(38)17-44-32/h15,18-21,23-32,36-42H,7-14,16-17H2,1-6H3/t19-,20-,21+,23-,24-,25-,26+,27+,28-,29+,30-,31-,32+,33+,34-,35+/m1/s1. The molecular formula is C35H60O10. The van der Waals surface area contributed by atoms with Crippen molar-refractivity contribution < 1.29 is 50.0 Å². The Labute approximate surface area is 268 Å². The van der Waals surface area contributed by atoms with Crippen LogP contribution < -0.4 is 0 Å². The van der Waals surface area contributed by atoms with Crippen molar-refractivity contribution in [1.82, 2.24) is 0 Å².